The summed E-state index contributed by atoms with van der Waals surface area (Å²) in [7, 11) is 1.83. The summed E-state index contributed by atoms with van der Waals surface area (Å²) < 4.78 is 53.8. The van der Waals surface area contributed by atoms with Crippen LogP contribution in [0.5, 0.6) is 0 Å². The summed E-state index contributed by atoms with van der Waals surface area (Å²) >= 11 is 1.27. The Labute approximate surface area is 300 Å². The Bertz CT molecular complexity index is 1760. The van der Waals surface area contributed by atoms with Crippen molar-refractivity contribution < 1.29 is 31.9 Å². The van der Waals surface area contributed by atoms with Gasteiger partial charge in [-0.05, 0) is 113 Å². The molecule has 1 N–H and O–H groups in total. The molecule has 0 bridgehead atoms. The molecule has 3 saturated heterocycles. The number of nitrogens with one attached hydrogen (secondary N) is 1. The highest BCUT2D eigenvalue weighted by molar-refractivity contribution is 7.20. The number of alkyl halides is 4. The molecule has 2 aromatic carbocycles. The van der Waals surface area contributed by atoms with Crippen molar-refractivity contribution in [2.75, 3.05) is 20.1 Å². The average Bonchev–Trinajstić information content (AvgIpc) is 3.40. The van der Waals surface area contributed by atoms with Crippen LogP contribution in [0, 0.1) is 0 Å². The Morgan fingerprint density at radius 3 is 2.53 bits per heavy atom. The topological polar surface area (TPSA) is 73.0 Å². The number of hydrogen-bond donors (Lipinski definition) is 1. The smallest absolute Gasteiger partial charge is 0.340 e. The molecule has 3 amide bonds. The molecule has 51 heavy (non-hydrogen) atoms. The Morgan fingerprint density at radius 1 is 1.06 bits per heavy atom. The number of carbonyl (C=O) groups excluding carboxylic acids is 3. The van der Waals surface area contributed by atoms with E-state index in [1.807, 2.05) is 35.0 Å². The van der Waals surface area contributed by atoms with Crippen molar-refractivity contribution in [1.82, 2.24) is 20.0 Å². The molecule has 0 unspecified atom stereocenters. The Hall–Kier alpha value is -3.51. The molecule has 4 aliphatic rings. The zero-order valence-electron chi connectivity index (χ0n) is 29.1. The minimum Gasteiger partial charge on any atom is -0.340 e. The van der Waals surface area contributed by atoms with Gasteiger partial charge < -0.3 is 20.0 Å². The molecule has 6 atom stereocenters. The SMILES string of the molecule is C[C@@H](F)c1ccc2sc(C(=O)N[C@H]3CC[C@H](N(C)CCCC(F)(F)F)C[C@H]4CC[C@@H](C(=O)N5C[C@H](c6ccccc6)CC56CC6)N4C3=O)cc2c1. The van der Waals surface area contributed by atoms with E-state index in [0.717, 1.165) is 29.3 Å². The first-order chi connectivity index (χ1) is 24.3. The van der Waals surface area contributed by atoms with Gasteiger partial charge in [0.2, 0.25) is 11.8 Å². The number of benzene rings is 2. The van der Waals surface area contributed by atoms with Crippen LogP contribution in [-0.4, -0.2) is 88.4 Å². The summed E-state index contributed by atoms with van der Waals surface area (Å²) in [5, 5.41) is 3.73. The number of halogens is 4. The number of carbonyl (C=O) groups is 3. The van der Waals surface area contributed by atoms with Crippen LogP contribution in [0.1, 0.15) is 104 Å². The van der Waals surface area contributed by atoms with Gasteiger partial charge >= 0.3 is 6.18 Å². The van der Waals surface area contributed by atoms with Gasteiger partial charge in [0.1, 0.15) is 18.3 Å². The lowest BCUT2D eigenvalue weighted by molar-refractivity contribution is -0.148. The fourth-order valence-corrected chi connectivity index (χ4v) is 9.75. The zero-order chi connectivity index (χ0) is 36.1. The van der Waals surface area contributed by atoms with Crippen LogP contribution >= 0.6 is 11.3 Å². The van der Waals surface area contributed by atoms with Gasteiger partial charge in [-0.3, -0.25) is 14.4 Å². The molecular weight excluding hydrogens is 681 g/mol. The summed E-state index contributed by atoms with van der Waals surface area (Å²) in [6.45, 7) is 2.32. The standard InChI is InChI=1S/C39H46F4N4O3S/c1-24(40)26-9-14-33-27(19-26)20-34(51-33)35(48)44-31-12-10-29(45(2)18-6-15-39(41,42)43)21-30-11-13-32(47(30)36(31)49)37(50)46-23-28(22-38(46)16-17-38)25-7-4-3-5-8-25/h3-5,7-9,14,19-20,24,28-32H,6,10-13,15-18,21-23H2,1-2H3,(H,44,48)/t24-,28-,29+,30-,31+,32+/m1/s1. The lowest BCUT2D eigenvalue weighted by Crippen LogP contribution is -2.59. The van der Waals surface area contributed by atoms with E-state index < -0.39 is 36.8 Å². The van der Waals surface area contributed by atoms with E-state index in [-0.39, 0.29) is 48.3 Å². The Morgan fingerprint density at radius 2 is 1.82 bits per heavy atom. The van der Waals surface area contributed by atoms with E-state index in [0.29, 0.717) is 49.1 Å². The molecule has 12 heteroatoms. The van der Waals surface area contributed by atoms with Crippen LogP contribution in [0.4, 0.5) is 17.6 Å². The first-order valence-electron chi connectivity index (χ1n) is 18.3. The molecule has 7 rings (SSSR count). The second-order valence-corrected chi connectivity index (χ2v) is 16.3. The maximum Gasteiger partial charge on any atom is 0.389 e. The Kier molecular flexibility index (Phi) is 9.94. The third-order valence-electron chi connectivity index (χ3n) is 11.8. The van der Waals surface area contributed by atoms with E-state index in [2.05, 4.69) is 17.4 Å². The van der Waals surface area contributed by atoms with Gasteiger partial charge in [-0.25, -0.2) is 4.39 Å². The van der Waals surface area contributed by atoms with Crippen LogP contribution in [0.3, 0.4) is 0 Å². The van der Waals surface area contributed by atoms with E-state index in [1.54, 1.807) is 29.2 Å². The van der Waals surface area contributed by atoms with Crippen molar-refractivity contribution in [2.45, 2.75) is 119 Å². The number of nitrogens with zero attached hydrogens (tertiary/aromatic N) is 3. The number of rotatable bonds is 9. The molecule has 0 radical (unpaired) electrons. The van der Waals surface area contributed by atoms with Gasteiger partial charge in [0.05, 0.1) is 4.88 Å². The van der Waals surface area contributed by atoms with Gasteiger partial charge in [-0.1, -0.05) is 36.4 Å². The number of thiophene rings is 1. The fourth-order valence-electron chi connectivity index (χ4n) is 8.80. The Balaban J connectivity index is 1.13. The van der Waals surface area contributed by atoms with Crippen molar-refractivity contribution >= 4 is 39.1 Å². The fraction of sp³-hybridized carbons (Fsp3) is 0.564. The average molecular weight is 727 g/mol. The molecule has 274 valence electrons. The number of hydrogen-bond acceptors (Lipinski definition) is 5. The quantitative estimate of drug-likeness (QED) is 0.229. The summed E-state index contributed by atoms with van der Waals surface area (Å²) in [5.74, 6) is -0.503. The number of amides is 3. The molecular formula is C39H46F4N4O3S. The summed E-state index contributed by atoms with van der Waals surface area (Å²) in [5.41, 5.74) is 1.54. The predicted molar refractivity (Wildman–Crippen MR) is 189 cm³/mol. The van der Waals surface area contributed by atoms with Crippen molar-refractivity contribution in [3.8, 4) is 0 Å². The van der Waals surface area contributed by atoms with Crippen molar-refractivity contribution in [1.29, 1.82) is 0 Å². The third-order valence-corrected chi connectivity index (χ3v) is 12.9. The first kappa shape index (κ1) is 35.9. The van der Waals surface area contributed by atoms with E-state index in [4.69, 9.17) is 0 Å². The second-order valence-electron chi connectivity index (χ2n) is 15.2. The molecule has 1 aliphatic carbocycles. The van der Waals surface area contributed by atoms with Crippen LogP contribution in [0.2, 0.25) is 0 Å². The summed E-state index contributed by atoms with van der Waals surface area (Å²) in [6.07, 6.45) is -1.00. The molecule has 4 fully saturated rings. The van der Waals surface area contributed by atoms with Gasteiger partial charge in [0, 0.05) is 41.2 Å². The van der Waals surface area contributed by atoms with Crippen LogP contribution < -0.4 is 5.32 Å². The van der Waals surface area contributed by atoms with Crippen LogP contribution in [-0.2, 0) is 9.59 Å². The monoisotopic (exact) mass is 726 g/mol. The molecule has 4 heterocycles. The minimum absolute atomic E-state index is 0.0282. The lowest BCUT2D eigenvalue weighted by Gasteiger charge is -2.41. The lowest BCUT2D eigenvalue weighted by atomic mass is 9.93. The van der Waals surface area contributed by atoms with E-state index >= 15 is 0 Å². The normalized spacial score (nSPS) is 26.7. The predicted octanol–water partition coefficient (Wildman–Crippen LogP) is 7.77. The zero-order valence-corrected chi connectivity index (χ0v) is 29.9. The molecule has 1 aromatic heterocycles. The maximum absolute atomic E-state index is 14.6. The van der Waals surface area contributed by atoms with Gasteiger partial charge in [-0.15, -0.1) is 11.3 Å². The number of fused-ring (bicyclic) bond motifs is 2. The van der Waals surface area contributed by atoms with Gasteiger partial charge in [-0.2, -0.15) is 13.2 Å². The maximum atomic E-state index is 14.6. The van der Waals surface area contributed by atoms with Crippen LogP contribution in [0.25, 0.3) is 10.1 Å². The van der Waals surface area contributed by atoms with E-state index in [1.165, 1.54) is 23.8 Å². The van der Waals surface area contributed by atoms with Crippen molar-refractivity contribution in [2.24, 2.45) is 0 Å². The van der Waals surface area contributed by atoms with E-state index in [9.17, 15) is 31.9 Å². The first-order valence-corrected chi connectivity index (χ1v) is 19.1. The molecule has 3 aromatic rings. The largest absolute Gasteiger partial charge is 0.389 e. The van der Waals surface area contributed by atoms with Crippen molar-refractivity contribution in [3.63, 3.8) is 0 Å². The van der Waals surface area contributed by atoms with Crippen LogP contribution in [0.15, 0.2) is 54.6 Å². The van der Waals surface area contributed by atoms with Crippen molar-refractivity contribution in [3.05, 3.63) is 70.6 Å². The van der Waals surface area contributed by atoms with Gasteiger partial charge in [0.15, 0.2) is 0 Å². The molecule has 7 nitrogen and oxygen atoms in total. The van der Waals surface area contributed by atoms with Gasteiger partial charge in [0.25, 0.3) is 5.91 Å². The minimum atomic E-state index is -4.23. The molecule has 3 aliphatic heterocycles. The summed E-state index contributed by atoms with van der Waals surface area (Å²) in [6, 6.07) is 15.2. The highest BCUT2D eigenvalue weighted by Gasteiger charge is 2.58. The third kappa shape index (κ3) is 7.54. The highest BCUT2D eigenvalue weighted by Crippen LogP contribution is 2.54. The highest BCUT2D eigenvalue weighted by atomic mass is 32.1. The molecule has 1 spiro atoms. The molecule has 1 saturated carbocycles. The second kappa shape index (κ2) is 14.1. The number of likely N-dealkylation sites (tertiary alicyclic amines) is 1. The summed E-state index contributed by atoms with van der Waals surface area (Å²) in [4.78, 5) is 49.0.